The van der Waals surface area contributed by atoms with Crippen LogP contribution < -0.4 is 4.90 Å². The lowest BCUT2D eigenvalue weighted by molar-refractivity contribution is -0.145. The molecule has 0 aromatic heterocycles. The lowest BCUT2D eigenvalue weighted by Gasteiger charge is -2.32. The van der Waals surface area contributed by atoms with Crippen LogP contribution in [-0.4, -0.2) is 55.1 Å². The summed E-state index contributed by atoms with van der Waals surface area (Å²) in [6, 6.07) is 8.40. The molecule has 2 heterocycles. The highest BCUT2D eigenvalue weighted by atomic mass is 32.2. The van der Waals surface area contributed by atoms with Gasteiger partial charge in [0, 0.05) is 12.1 Å². The third-order valence-corrected chi connectivity index (χ3v) is 8.22. The van der Waals surface area contributed by atoms with Crippen LogP contribution in [0.3, 0.4) is 0 Å². The number of carbonyl (C=O) groups excluding carboxylic acids is 3. The molecular weight excluding hydrogens is 392 g/mol. The number of nitrogens with zero attached hydrogens (tertiary/aromatic N) is 2. The maximum absolute atomic E-state index is 13.2. The van der Waals surface area contributed by atoms with Gasteiger partial charge in [0.25, 0.3) is 0 Å². The average molecular weight is 419 g/mol. The Balaban J connectivity index is 1.57. The Labute approximate surface area is 171 Å². The molecule has 1 aromatic carbocycles. The van der Waals surface area contributed by atoms with Crippen LogP contribution in [0.1, 0.15) is 44.9 Å². The molecule has 2 saturated heterocycles. The minimum atomic E-state index is -3.19. The van der Waals surface area contributed by atoms with Gasteiger partial charge in [-0.25, -0.2) is 8.42 Å². The topological polar surface area (TPSA) is 91.8 Å². The number of amides is 3. The van der Waals surface area contributed by atoms with Crippen LogP contribution in [0.25, 0.3) is 0 Å². The molecule has 3 fully saturated rings. The number of rotatable bonds is 4. The quantitative estimate of drug-likeness (QED) is 0.697. The molecule has 0 N–H and O–H groups in total. The highest BCUT2D eigenvalue weighted by Gasteiger charge is 2.52. The third-order valence-electron chi connectivity index (χ3n) is 6.47. The van der Waals surface area contributed by atoms with Crippen molar-refractivity contribution in [1.82, 2.24) is 4.90 Å². The van der Waals surface area contributed by atoms with Crippen molar-refractivity contribution in [3.8, 4) is 0 Å². The number of carbonyl (C=O) groups is 3. The Morgan fingerprint density at radius 1 is 1.10 bits per heavy atom. The molecule has 3 amide bonds. The van der Waals surface area contributed by atoms with E-state index in [-0.39, 0.29) is 36.3 Å². The van der Waals surface area contributed by atoms with Gasteiger partial charge in [0.15, 0.2) is 9.84 Å². The Hall–Kier alpha value is -2.22. The number of sulfone groups is 1. The van der Waals surface area contributed by atoms with E-state index in [1.165, 1.54) is 4.90 Å². The number of anilines is 1. The summed E-state index contributed by atoms with van der Waals surface area (Å²) in [5, 5.41) is 0. The Bertz CT molecular complexity index is 922. The van der Waals surface area contributed by atoms with Crippen LogP contribution in [-0.2, 0) is 24.2 Å². The van der Waals surface area contributed by atoms with Crippen LogP contribution in [0.4, 0.5) is 5.69 Å². The van der Waals surface area contributed by atoms with Gasteiger partial charge in [-0.15, -0.1) is 0 Å². The molecule has 1 unspecified atom stereocenters. The van der Waals surface area contributed by atoms with E-state index in [0.717, 1.165) is 24.2 Å². The highest BCUT2D eigenvalue weighted by Crippen LogP contribution is 2.45. The SMILES string of the molecule is O=C1CC2(CCCCC2)C(=O)N1CC(=O)N(c1ccccc1)C1CCS(=O)(=O)C1. The zero-order valence-electron chi connectivity index (χ0n) is 16.4. The minimum Gasteiger partial charge on any atom is -0.307 e. The number of benzene rings is 1. The van der Waals surface area contributed by atoms with Crippen LogP contribution >= 0.6 is 0 Å². The smallest absolute Gasteiger partial charge is 0.247 e. The summed E-state index contributed by atoms with van der Waals surface area (Å²) in [7, 11) is -3.19. The first-order chi connectivity index (χ1) is 13.8. The molecule has 1 aliphatic carbocycles. The standard InChI is InChI=1S/C21H26N2O5S/c24-18-13-21(10-5-2-6-11-21)20(26)22(18)14-19(25)23(16-7-3-1-4-8-16)17-9-12-29(27,28)15-17/h1,3-4,7-8,17H,2,5-6,9-15H2. The van der Waals surface area contributed by atoms with E-state index in [0.29, 0.717) is 24.9 Å². The van der Waals surface area contributed by atoms with Crippen LogP contribution in [0, 0.1) is 5.41 Å². The molecule has 29 heavy (non-hydrogen) atoms. The Kier molecular flexibility index (Phi) is 5.23. The molecular formula is C21H26N2O5S. The molecule has 3 aliphatic rings. The molecule has 1 aromatic rings. The second-order valence-electron chi connectivity index (χ2n) is 8.46. The molecule has 1 spiro atoms. The van der Waals surface area contributed by atoms with Crippen molar-refractivity contribution >= 4 is 33.2 Å². The molecule has 0 bridgehead atoms. The summed E-state index contributed by atoms with van der Waals surface area (Å²) in [6.07, 6.45) is 4.86. The van der Waals surface area contributed by atoms with E-state index in [2.05, 4.69) is 0 Å². The van der Waals surface area contributed by atoms with Crippen molar-refractivity contribution in [2.45, 2.75) is 51.0 Å². The molecule has 1 atom stereocenters. The molecule has 156 valence electrons. The highest BCUT2D eigenvalue weighted by molar-refractivity contribution is 7.91. The Morgan fingerprint density at radius 3 is 2.41 bits per heavy atom. The van der Waals surface area contributed by atoms with Crippen molar-refractivity contribution in [2.24, 2.45) is 5.41 Å². The van der Waals surface area contributed by atoms with Gasteiger partial charge >= 0.3 is 0 Å². The summed E-state index contributed by atoms with van der Waals surface area (Å²) in [6.45, 7) is -0.329. The van der Waals surface area contributed by atoms with E-state index < -0.39 is 27.2 Å². The van der Waals surface area contributed by atoms with E-state index >= 15 is 0 Å². The largest absolute Gasteiger partial charge is 0.307 e. The van der Waals surface area contributed by atoms with E-state index in [1.807, 2.05) is 6.07 Å². The van der Waals surface area contributed by atoms with E-state index in [9.17, 15) is 22.8 Å². The van der Waals surface area contributed by atoms with Crippen molar-refractivity contribution < 1.29 is 22.8 Å². The van der Waals surface area contributed by atoms with Gasteiger partial charge in [-0.3, -0.25) is 19.3 Å². The summed E-state index contributed by atoms with van der Waals surface area (Å²) in [5.74, 6) is -0.994. The van der Waals surface area contributed by atoms with Crippen molar-refractivity contribution in [1.29, 1.82) is 0 Å². The molecule has 1 saturated carbocycles. The number of hydrogen-bond acceptors (Lipinski definition) is 5. The summed E-state index contributed by atoms with van der Waals surface area (Å²) >= 11 is 0. The van der Waals surface area contributed by atoms with E-state index in [4.69, 9.17) is 0 Å². The second-order valence-corrected chi connectivity index (χ2v) is 10.7. The van der Waals surface area contributed by atoms with Gasteiger partial charge < -0.3 is 4.90 Å². The predicted octanol–water partition coefficient (Wildman–Crippen LogP) is 1.92. The third kappa shape index (κ3) is 3.82. The van der Waals surface area contributed by atoms with Gasteiger partial charge in [0.05, 0.1) is 23.0 Å². The summed E-state index contributed by atoms with van der Waals surface area (Å²) < 4.78 is 24.0. The minimum absolute atomic E-state index is 0.0406. The predicted molar refractivity (Wildman–Crippen MR) is 108 cm³/mol. The molecule has 0 radical (unpaired) electrons. The maximum atomic E-state index is 13.2. The van der Waals surface area contributed by atoms with Gasteiger partial charge in [-0.2, -0.15) is 0 Å². The lowest BCUT2D eigenvalue weighted by atomic mass is 9.73. The monoisotopic (exact) mass is 418 g/mol. The van der Waals surface area contributed by atoms with Crippen LogP contribution in [0.2, 0.25) is 0 Å². The zero-order valence-corrected chi connectivity index (χ0v) is 17.2. The number of imide groups is 1. The van der Waals surface area contributed by atoms with Crippen molar-refractivity contribution in [2.75, 3.05) is 23.0 Å². The fourth-order valence-corrected chi connectivity index (χ4v) is 6.68. The Morgan fingerprint density at radius 2 is 1.79 bits per heavy atom. The number of likely N-dealkylation sites (tertiary alicyclic amines) is 1. The number of hydrogen-bond donors (Lipinski definition) is 0. The van der Waals surface area contributed by atoms with Crippen molar-refractivity contribution in [3.63, 3.8) is 0 Å². The van der Waals surface area contributed by atoms with E-state index in [1.54, 1.807) is 24.3 Å². The van der Waals surface area contributed by atoms with Crippen LogP contribution in [0.5, 0.6) is 0 Å². The molecule has 4 rings (SSSR count). The van der Waals surface area contributed by atoms with Crippen LogP contribution in [0.15, 0.2) is 30.3 Å². The number of para-hydroxylation sites is 1. The normalized spacial score (nSPS) is 25.5. The molecule has 8 heteroatoms. The average Bonchev–Trinajstić information content (AvgIpc) is 3.15. The fourth-order valence-electron chi connectivity index (χ4n) is 4.98. The summed E-state index contributed by atoms with van der Waals surface area (Å²) in [5.41, 5.74) is -0.0461. The first-order valence-electron chi connectivity index (χ1n) is 10.2. The van der Waals surface area contributed by atoms with Gasteiger partial charge in [0.1, 0.15) is 6.54 Å². The maximum Gasteiger partial charge on any atom is 0.247 e. The fraction of sp³-hybridized carbons (Fsp3) is 0.571. The molecule has 2 aliphatic heterocycles. The molecule has 7 nitrogen and oxygen atoms in total. The first kappa shape index (κ1) is 20.1. The summed E-state index contributed by atoms with van der Waals surface area (Å²) in [4.78, 5) is 41.5. The second kappa shape index (κ2) is 7.55. The van der Waals surface area contributed by atoms with Gasteiger partial charge in [-0.05, 0) is 31.4 Å². The zero-order chi connectivity index (χ0) is 20.6. The lowest BCUT2D eigenvalue weighted by Crippen LogP contribution is -2.48. The van der Waals surface area contributed by atoms with Crippen molar-refractivity contribution in [3.05, 3.63) is 30.3 Å². The first-order valence-corrected chi connectivity index (χ1v) is 12.1. The van der Waals surface area contributed by atoms with Gasteiger partial charge in [-0.1, -0.05) is 37.5 Å². The van der Waals surface area contributed by atoms with Gasteiger partial charge in [0.2, 0.25) is 17.7 Å².